The molecule has 1 saturated heterocycles. The van der Waals surface area contributed by atoms with Crippen LogP contribution in [0.2, 0.25) is 0 Å². The van der Waals surface area contributed by atoms with Crippen molar-refractivity contribution in [1.82, 2.24) is 0 Å². The summed E-state index contributed by atoms with van der Waals surface area (Å²) in [4.78, 5) is 0. The Kier molecular flexibility index (Phi) is 6.28. The Morgan fingerprint density at radius 2 is 2.40 bits per heavy atom. The largest absolute Gasteiger partial charge is 0.370 e. The molecule has 0 amide bonds. The molecule has 5 heteroatoms. The standard InChI is InChI=1S/C10H18O4S/c1-3-4-11-7-12-9-5-8(2)14-10(9)6-13-15/h3,8-10,15H,1,4-7H2,2H3. The second-order valence-corrected chi connectivity index (χ2v) is 3.76. The normalized spacial score (nSPS) is 30.7. The molecule has 4 nitrogen and oxygen atoms in total. The number of hydrogen-bond donors (Lipinski definition) is 1. The van der Waals surface area contributed by atoms with Gasteiger partial charge in [0.1, 0.15) is 12.9 Å². The van der Waals surface area contributed by atoms with Crippen molar-refractivity contribution in [1.29, 1.82) is 0 Å². The van der Waals surface area contributed by atoms with Crippen molar-refractivity contribution < 1.29 is 18.4 Å². The van der Waals surface area contributed by atoms with Gasteiger partial charge in [0.05, 0.1) is 25.4 Å². The summed E-state index contributed by atoms with van der Waals surface area (Å²) in [5.41, 5.74) is 0. The monoisotopic (exact) mass is 234 g/mol. The summed E-state index contributed by atoms with van der Waals surface area (Å²) < 4.78 is 21.0. The molecule has 0 spiro atoms. The molecule has 0 aromatic carbocycles. The Balaban J connectivity index is 2.22. The lowest BCUT2D eigenvalue weighted by Gasteiger charge is -2.17. The van der Waals surface area contributed by atoms with E-state index in [1.54, 1.807) is 6.08 Å². The highest BCUT2D eigenvalue weighted by atomic mass is 32.1. The SMILES string of the molecule is C=CCOCOC1CC(C)OC1COS. The summed E-state index contributed by atoms with van der Waals surface area (Å²) in [7, 11) is 0. The van der Waals surface area contributed by atoms with Crippen molar-refractivity contribution >= 4 is 12.9 Å². The summed E-state index contributed by atoms with van der Waals surface area (Å²) in [5, 5.41) is 0. The van der Waals surface area contributed by atoms with Gasteiger partial charge in [0.25, 0.3) is 0 Å². The van der Waals surface area contributed by atoms with Crippen LogP contribution in [-0.2, 0) is 18.4 Å². The Morgan fingerprint density at radius 1 is 1.60 bits per heavy atom. The van der Waals surface area contributed by atoms with Crippen LogP contribution in [0.5, 0.6) is 0 Å². The van der Waals surface area contributed by atoms with Crippen LogP contribution in [0.25, 0.3) is 0 Å². The minimum atomic E-state index is -0.0511. The third kappa shape index (κ3) is 4.53. The zero-order valence-corrected chi connectivity index (χ0v) is 9.82. The van der Waals surface area contributed by atoms with Gasteiger partial charge in [-0.25, -0.2) is 0 Å². The van der Waals surface area contributed by atoms with Crippen molar-refractivity contribution in [2.45, 2.75) is 31.7 Å². The average Bonchev–Trinajstić information content (AvgIpc) is 2.55. The van der Waals surface area contributed by atoms with Crippen LogP contribution in [0.15, 0.2) is 12.7 Å². The first kappa shape index (κ1) is 13.0. The van der Waals surface area contributed by atoms with Crippen molar-refractivity contribution in [2.24, 2.45) is 0 Å². The Bertz CT molecular complexity index is 188. The lowest BCUT2D eigenvalue weighted by Crippen LogP contribution is -2.29. The molecule has 0 saturated carbocycles. The summed E-state index contributed by atoms with van der Waals surface area (Å²) in [6.45, 7) is 6.75. The molecule has 1 rings (SSSR count). The lowest BCUT2D eigenvalue weighted by molar-refractivity contribution is -0.107. The van der Waals surface area contributed by atoms with Crippen LogP contribution < -0.4 is 0 Å². The zero-order valence-electron chi connectivity index (χ0n) is 8.93. The lowest BCUT2D eigenvalue weighted by atomic mass is 10.1. The van der Waals surface area contributed by atoms with E-state index >= 15 is 0 Å². The number of thiol groups is 1. The quantitative estimate of drug-likeness (QED) is 0.238. The molecule has 0 N–H and O–H groups in total. The number of ether oxygens (including phenoxy) is 3. The Labute approximate surface area is 96.1 Å². The number of rotatable bonds is 7. The van der Waals surface area contributed by atoms with Crippen LogP contribution in [0, 0.1) is 0 Å². The molecular weight excluding hydrogens is 216 g/mol. The molecule has 0 bridgehead atoms. The minimum absolute atomic E-state index is 0.0250. The molecular formula is C10H18O4S. The van der Waals surface area contributed by atoms with Crippen LogP contribution in [-0.4, -0.2) is 38.3 Å². The first-order valence-corrected chi connectivity index (χ1v) is 5.36. The molecule has 88 valence electrons. The molecule has 0 radical (unpaired) electrons. The summed E-state index contributed by atoms with van der Waals surface area (Å²) >= 11 is 3.71. The van der Waals surface area contributed by atoms with Gasteiger partial charge in [0.2, 0.25) is 0 Å². The first-order valence-electron chi connectivity index (χ1n) is 5.00. The smallest absolute Gasteiger partial charge is 0.147 e. The third-order valence-electron chi connectivity index (χ3n) is 2.23. The van der Waals surface area contributed by atoms with Crippen molar-refractivity contribution in [3.05, 3.63) is 12.7 Å². The van der Waals surface area contributed by atoms with Gasteiger partial charge in [0, 0.05) is 6.42 Å². The highest BCUT2D eigenvalue weighted by Gasteiger charge is 2.33. The maximum absolute atomic E-state index is 5.60. The third-order valence-corrected chi connectivity index (χ3v) is 2.38. The van der Waals surface area contributed by atoms with Gasteiger partial charge >= 0.3 is 0 Å². The van der Waals surface area contributed by atoms with Crippen molar-refractivity contribution in [3.8, 4) is 0 Å². The van der Waals surface area contributed by atoms with E-state index in [0.29, 0.717) is 13.2 Å². The van der Waals surface area contributed by atoms with E-state index in [2.05, 4.69) is 19.5 Å². The van der Waals surface area contributed by atoms with Crippen LogP contribution in [0.3, 0.4) is 0 Å². The van der Waals surface area contributed by atoms with Gasteiger partial charge < -0.3 is 18.4 Å². The van der Waals surface area contributed by atoms with E-state index in [0.717, 1.165) is 6.42 Å². The van der Waals surface area contributed by atoms with Crippen LogP contribution in [0.4, 0.5) is 0 Å². The molecule has 1 aliphatic rings. The molecule has 1 aliphatic heterocycles. The van der Waals surface area contributed by atoms with Crippen LogP contribution >= 0.6 is 12.9 Å². The topological polar surface area (TPSA) is 36.9 Å². The minimum Gasteiger partial charge on any atom is -0.370 e. The molecule has 15 heavy (non-hydrogen) atoms. The predicted molar refractivity (Wildman–Crippen MR) is 59.8 cm³/mol. The van der Waals surface area contributed by atoms with Gasteiger partial charge in [-0.1, -0.05) is 6.08 Å². The van der Waals surface area contributed by atoms with E-state index in [1.807, 2.05) is 6.92 Å². The second-order valence-electron chi connectivity index (χ2n) is 3.50. The van der Waals surface area contributed by atoms with Crippen molar-refractivity contribution in [3.63, 3.8) is 0 Å². The van der Waals surface area contributed by atoms with E-state index in [-0.39, 0.29) is 25.1 Å². The van der Waals surface area contributed by atoms with Gasteiger partial charge in [-0.15, -0.1) is 6.58 Å². The Morgan fingerprint density at radius 3 is 3.07 bits per heavy atom. The van der Waals surface area contributed by atoms with Crippen LogP contribution in [0.1, 0.15) is 13.3 Å². The van der Waals surface area contributed by atoms with E-state index in [9.17, 15) is 0 Å². The van der Waals surface area contributed by atoms with E-state index < -0.39 is 0 Å². The molecule has 3 unspecified atom stereocenters. The molecule has 0 aromatic heterocycles. The average molecular weight is 234 g/mol. The van der Waals surface area contributed by atoms with E-state index in [4.69, 9.17) is 18.4 Å². The predicted octanol–water partition coefficient (Wildman–Crippen LogP) is 1.57. The van der Waals surface area contributed by atoms with Gasteiger partial charge in [-0.2, -0.15) is 0 Å². The summed E-state index contributed by atoms with van der Waals surface area (Å²) in [6, 6.07) is 0. The first-order chi connectivity index (χ1) is 7.27. The fraction of sp³-hybridized carbons (Fsp3) is 0.800. The maximum atomic E-state index is 5.60. The van der Waals surface area contributed by atoms with Gasteiger partial charge in [0.15, 0.2) is 0 Å². The van der Waals surface area contributed by atoms with Gasteiger partial charge in [-0.3, -0.25) is 0 Å². The van der Waals surface area contributed by atoms with Gasteiger partial charge in [-0.05, 0) is 19.8 Å². The molecule has 0 aromatic rings. The molecule has 3 atom stereocenters. The van der Waals surface area contributed by atoms with Crippen molar-refractivity contribution in [2.75, 3.05) is 20.0 Å². The van der Waals surface area contributed by atoms with E-state index in [1.165, 1.54) is 0 Å². The zero-order chi connectivity index (χ0) is 11.1. The molecule has 1 fully saturated rings. The molecule has 1 heterocycles. The number of hydrogen-bond acceptors (Lipinski definition) is 5. The maximum Gasteiger partial charge on any atom is 0.147 e. The fourth-order valence-electron chi connectivity index (χ4n) is 1.58. The fourth-order valence-corrected chi connectivity index (χ4v) is 1.73. The highest BCUT2D eigenvalue weighted by Crippen LogP contribution is 2.23. The molecule has 0 aliphatic carbocycles. The summed E-state index contributed by atoms with van der Waals surface area (Å²) in [5.74, 6) is 0. The Hall–Kier alpha value is -0.0700. The highest BCUT2D eigenvalue weighted by molar-refractivity contribution is 7.75. The second kappa shape index (κ2) is 7.24. The summed E-state index contributed by atoms with van der Waals surface area (Å²) in [6.07, 6.45) is 2.72.